The SMILES string of the molecule is O=C1CCCN1c1cccc(C(=O)N2CCc3sccc3[C@H]2c2cccs2)c1. The van der Waals surface area contributed by atoms with Crippen LogP contribution in [0.5, 0.6) is 0 Å². The highest BCUT2D eigenvalue weighted by molar-refractivity contribution is 7.10. The maximum absolute atomic E-state index is 13.5. The predicted molar refractivity (Wildman–Crippen MR) is 113 cm³/mol. The lowest BCUT2D eigenvalue weighted by molar-refractivity contribution is -0.117. The Kier molecular flexibility index (Phi) is 4.53. The lowest BCUT2D eigenvalue weighted by Crippen LogP contribution is -2.39. The van der Waals surface area contributed by atoms with Crippen LogP contribution in [0, 0.1) is 0 Å². The molecule has 5 rings (SSSR count). The lowest BCUT2D eigenvalue weighted by Gasteiger charge is -2.35. The van der Waals surface area contributed by atoms with Crippen LogP contribution in [0.4, 0.5) is 5.69 Å². The van der Waals surface area contributed by atoms with Crippen molar-refractivity contribution in [3.8, 4) is 0 Å². The zero-order valence-electron chi connectivity index (χ0n) is 15.3. The Morgan fingerprint density at radius 3 is 2.71 bits per heavy atom. The van der Waals surface area contributed by atoms with Crippen LogP contribution in [0.3, 0.4) is 0 Å². The molecule has 1 aromatic carbocycles. The maximum Gasteiger partial charge on any atom is 0.254 e. The lowest BCUT2D eigenvalue weighted by atomic mass is 9.97. The van der Waals surface area contributed by atoms with Gasteiger partial charge in [-0.05, 0) is 59.5 Å². The van der Waals surface area contributed by atoms with Gasteiger partial charge in [0, 0.05) is 40.5 Å². The van der Waals surface area contributed by atoms with E-state index in [1.807, 2.05) is 35.2 Å². The third-order valence-electron chi connectivity index (χ3n) is 5.52. The topological polar surface area (TPSA) is 40.6 Å². The second kappa shape index (κ2) is 7.18. The number of amides is 2. The second-order valence-corrected chi connectivity index (χ2v) is 9.14. The molecule has 2 aromatic heterocycles. The first-order chi connectivity index (χ1) is 13.7. The molecule has 2 aliphatic rings. The van der Waals surface area contributed by atoms with Crippen LogP contribution in [0.25, 0.3) is 0 Å². The molecular weight excluding hydrogens is 388 g/mol. The summed E-state index contributed by atoms with van der Waals surface area (Å²) >= 11 is 3.47. The molecule has 4 heterocycles. The largest absolute Gasteiger partial charge is 0.326 e. The van der Waals surface area contributed by atoms with Crippen molar-refractivity contribution >= 4 is 40.2 Å². The van der Waals surface area contributed by atoms with Gasteiger partial charge in [0.05, 0.1) is 6.04 Å². The van der Waals surface area contributed by atoms with E-state index in [4.69, 9.17) is 0 Å². The van der Waals surface area contributed by atoms with Gasteiger partial charge >= 0.3 is 0 Å². The van der Waals surface area contributed by atoms with Crippen LogP contribution in [0.1, 0.15) is 44.6 Å². The van der Waals surface area contributed by atoms with E-state index >= 15 is 0 Å². The minimum absolute atomic E-state index is 0.0282. The molecule has 3 aromatic rings. The highest BCUT2D eigenvalue weighted by Crippen LogP contribution is 2.40. The summed E-state index contributed by atoms with van der Waals surface area (Å²) < 4.78 is 0. The van der Waals surface area contributed by atoms with Gasteiger partial charge in [-0.25, -0.2) is 0 Å². The van der Waals surface area contributed by atoms with Gasteiger partial charge in [0.2, 0.25) is 5.91 Å². The van der Waals surface area contributed by atoms with Crippen LogP contribution >= 0.6 is 22.7 Å². The summed E-state index contributed by atoms with van der Waals surface area (Å²) in [4.78, 5) is 32.0. The molecule has 0 spiro atoms. The minimum atomic E-state index is -0.0282. The van der Waals surface area contributed by atoms with Crippen LogP contribution in [0.2, 0.25) is 0 Å². The van der Waals surface area contributed by atoms with E-state index in [0.717, 1.165) is 25.1 Å². The fraction of sp³-hybridized carbons (Fsp3) is 0.273. The molecule has 0 radical (unpaired) electrons. The summed E-state index contributed by atoms with van der Waals surface area (Å²) in [7, 11) is 0. The summed E-state index contributed by atoms with van der Waals surface area (Å²) in [5, 5.41) is 4.19. The van der Waals surface area contributed by atoms with Gasteiger partial charge in [0.1, 0.15) is 0 Å². The zero-order chi connectivity index (χ0) is 19.1. The van der Waals surface area contributed by atoms with E-state index in [1.54, 1.807) is 27.6 Å². The Morgan fingerprint density at radius 1 is 1.00 bits per heavy atom. The van der Waals surface area contributed by atoms with Crippen molar-refractivity contribution in [3.63, 3.8) is 0 Å². The highest BCUT2D eigenvalue weighted by Gasteiger charge is 2.34. The van der Waals surface area contributed by atoms with E-state index < -0.39 is 0 Å². The zero-order valence-corrected chi connectivity index (χ0v) is 17.0. The first-order valence-electron chi connectivity index (χ1n) is 9.53. The van der Waals surface area contributed by atoms with Crippen LogP contribution in [-0.2, 0) is 11.2 Å². The molecule has 4 nitrogen and oxygen atoms in total. The molecule has 0 saturated carbocycles. The van der Waals surface area contributed by atoms with Crippen LogP contribution < -0.4 is 4.90 Å². The van der Waals surface area contributed by atoms with Crippen molar-refractivity contribution in [1.29, 1.82) is 0 Å². The van der Waals surface area contributed by atoms with Crippen molar-refractivity contribution in [3.05, 3.63) is 74.1 Å². The van der Waals surface area contributed by atoms with Crippen molar-refractivity contribution in [2.45, 2.75) is 25.3 Å². The van der Waals surface area contributed by atoms with Crippen molar-refractivity contribution in [2.75, 3.05) is 18.0 Å². The van der Waals surface area contributed by atoms with Crippen LogP contribution in [-0.4, -0.2) is 29.8 Å². The van der Waals surface area contributed by atoms with E-state index in [-0.39, 0.29) is 17.9 Å². The fourth-order valence-corrected chi connectivity index (χ4v) is 5.94. The number of benzene rings is 1. The molecule has 2 amide bonds. The molecule has 0 unspecified atom stereocenters. The number of thiophene rings is 2. The monoisotopic (exact) mass is 408 g/mol. The Labute approximate surface area is 172 Å². The molecule has 0 N–H and O–H groups in total. The number of hydrogen-bond acceptors (Lipinski definition) is 4. The average molecular weight is 409 g/mol. The average Bonchev–Trinajstić information content (AvgIpc) is 3.48. The third kappa shape index (κ3) is 2.97. The highest BCUT2D eigenvalue weighted by atomic mass is 32.1. The number of carbonyl (C=O) groups excluding carboxylic acids is 2. The second-order valence-electron chi connectivity index (χ2n) is 7.16. The molecule has 1 fully saturated rings. The minimum Gasteiger partial charge on any atom is -0.326 e. The predicted octanol–water partition coefficient (Wildman–Crippen LogP) is 4.72. The molecular formula is C22H20N2O2S2. The number of carbonyl (C=O) groups is 2. The molecule has 28 heavy (non-hydrogen) atoms. The molecule has 2 aliphatic heterocycles. The quantitative estimate of drug-likeness (QED) is 0.629. The molecule has 1 atom stereocenters. The van der Waals surface area contributed by atoms with Gasteiger partial charge in [-0.3, -0.25) is 9.59 Å². The smallest absolute Gasteiger partial charge is 0.254 e. The van der Waals surface area contributed by atoms with Crippen molar-refractivity contribution in [1.82, 2.24) is 4.90 Å². The maximum atomic E-state index is 13.5. The summed E-state index contributed by atoms with van der Waals surface area (Å²) in [6.45, 7) is 1.44. The molecule has 1 saturated heterocycles. The van der Waals surface area contributed by atoms with E-state index in [0.29, 0.717) is 18.5 Å². The standard InChI is InChI=1S/C22H20N2O2S2/c25-20-7-2-10-23(20)16-5-1-4-15(14-16)22(26)24-11-8-18-17(9-13-28-18)21(24)19-6-3-12-27-19/h1,3-6,9,12-14,21H,2,7-8,10-11H2/t21-/m0/s1. The number of fused-ring (bicyclic) bond motifs is 1. The van der Waals surface area contributed by atoms with E-state index in [9.17, 15) is 9.59 Å². The summed E-state index contributed by atoms with van der Waals surface area (Å²) in [6, 6.07) is 13.8. The molecule has 6 heteroatoms. The number of rotatable bonds is 3. The van der Waals surface area contributed by atoms with Crippen molar-refractivity contribution in [2.24, 2.45) is 0 Å². The van der Waals surface area contributed by atoms with Gasteiger partial charge in [0.15, 0.2) is 0 Å². The Morgan fingerprint density at radius 2 is 1.93 bits per heavy atom. The summed E-state index contributed by atoms with van der Waals surface area (Å²) in [5.41, 5.74) is 2.73. The van der Waals surface area contributed by atoms with Gasteiger partial charge in [-0.2, -0.15) is 0 Å². The van der Waals surface area contributed by atoms with Gasteiger partial charge in [-0.1, -0.05) is 12.1 Å². The Balaban J connectivity index is 1.50. The third-order valence-corrected chi connectivity index (χ3v) is 7.44. The van der Waals surface area contributed by atoms with Crippen molar-refractivity contribution < 1.29 is 9.59 Å². The van der Waals surface area contributed by atoms with Gasteiger partial charge in [0.25, 0.3) is 5.91 Å². The summed E-state index contributed by atoms with van der Waals surface area (Å²) in [6.07, 6.45) is 2.36. The number of nitrogens with zero attached hydrogens (tertiary/aromatic N) is 2. The summed E-state index contributed by atoms with van der Waals surface area (Å²) in [5.74, 6) is 0.172. The van der Waals surface area contributed by atoms with E-state index in [1.165, 1.54) is 15.3 Å². The Hall–Kier alpha value is -2.44. The number of anilines is 1. The van der Waals surface area contributed by atoms with E-state index in [2.05, 4.69) is 22.9 Å². The Bertz CT molecular complexity index is 1020. The molecule has 142 valence electrons. The first-order valence-corrected chi connectivity index (χ1v) is 11.3. The van der Waals surface area contributed by atoms with Crippen LogP contribution in [0.15, 0.2) is 53.2 Å². The normalized spacial score (nSPS) is 19.1. The first kappa shape index (κ1) is 17.6. The fourth-order valence-electron chi connectivity index (χ4n) is 4.18. The van der Waals surface area contributed by atoms with Gasteiger partial charge in [-0.15, -0.1) is 22.7 Å². The molecule has 0 aliphatic carbocycles. The van der Waals surface area contributed by atoms with Gasteiger partial charge < -0.3 is 9.80 Å². The molecule has 0 bridgehead atoms. The number of hydrogen-bond donors (Lipinski definition) is 0.